The highest BCUT2D eigenvalue weighted by atomic mass is 32.2. The molecule has 16 heavy (non-hydrogen) atoms. The molecule has 1 aromatic heterocycles. The first-order valence-corrected chi connectivity index (χ1v) is 5.47. The number of thioether (sulfide) groups is 1. The minimum absolute atomic E-state index is 0.216. The number of carbonyl (C=O) groups excluding carboxylic acids is 1. The molecule has 1 aromatic rings. The van der Waals surface area contributed by atoms with Gasteiger partial charge >= 0.3 is 5.97 Å². The molecule has 0 bridgehead atoms. The van der Waals surface area contributed by atoms with Gasteiger partial charge in [-0.25, -0.2) is 9.78 Å². The van der Waals surface area contributed by atoms with Gasteiger partial charge in [0.1, 0.15) is 11.1 Å². The molecule has 1 unspecified atom stereocenters. The van der Waals surface area contributed by atoms with E-state index in [4.69, 9.17) is 5.11 Å². The molecule has 0 aromatic carbocycles. The Kier molecular flexibility index (Phi) is 4.71. The Balaban J connectivity index is 2.50. The third kappa shape index (κ3) is 4.26. The predicted molar refractivity (Wildman–Crippen MR) is 58.0 cm³/mol. The van der Waals surface area contributed by atoms with Gasteiger partial charge in [-0.15, -0.1) is 11.8 Å². The first-order valence-electron chi connectivity index (χ1n) is 4.48. The zero-order valence-corrected chi connectivity index (χ0v) is 9.40. The summed E-state index contributed by atoms with van der Waals surface area (Å²) in [6.07, 6.45) is 4.60. The smallest absolute Gasteiger partial charge is 0.327 e. The van der Waals surface area contributed by atoms with Gasteiger partial charge in [0.25, 0.3) is 0 Å². The standard InChI is InChI=1S/C9H11N3O3S/c1-6(13)12-7(9(14)15)5-16-8-4-10-2-3-11-8/h2-4,7H,5H2,1H3,(H,12,13)(H,14,15). The zero-order chi connectivity index (χ0) is 12.0. The van der Waals surface area contributed by atoms with Crippen LogP contribution in [-0.4, -0.2) is 38.7 Å². The summed E-state index contributed by atoms with van der Waals surface area (Å²) in [4.78, 5) is 29.4. The highest BCUT2D eigenvalue weighted by Crippen LogP contribution is 2.14. The van der Waals surface area contributed by atoms with Gasteiger partial charge in [-0.3, -0.25) is 9.78 Å². The van der Waals surface area contributed by atoms with E-state index in [0.29, 0.717) is 5.03 Å². The van der Waals surface area contributed by atoms with E-state index in [0.717, 1.165) is 0 Å². The Labute approximate surface area is 96.5 Å². The van der Waals surface area contributed by atoms with E-state index in [1.165, 1.54) is 37.3 Å². The predicted octanol–water partition coefficient (Wildman–Crippen LogP) is 0.158. The molecule has 1 rings (SSSR count). The fraction of sp³-hybridized carbons (Fsp3) is 0.333. The van der Waals surface area contributed by atoms with Gasteiger partial charge in [-0.1, -0.05) is 0 Å². The lowest BCUT2D eigenvalue weighted by atomic mass is 10.3. The number of carboxylic acids is 1. The molecule has 0 radical (unpaired) electrons. The summed E-state index contributed by atoms with van der Waals surface area (Å²) in [7, 11) is 0. The van der Waals surface area contributed by atoms with E-state index >= 15 is 0 Å². The molecule has 0 aliphatic rings. The van der Waals surface area contributed by atoms with Crippen molar-refractivity contribution in [2.75, 3.05) is 5.75 Å². The van der Waals surface area contributed by atoms with Crippen LogP contribution in [0.5, 0.6) is 0 Å². The summed E-state index contributed by atoms with van der Waals surface area (Å²) < 4.78 is 0. The number of nitrogens with one attached hydrogen (secondary N) is 1. The molecule has 1 heterocycles. The Morgan fingerprint density at radius 2 is 2.31 bits per heavy atom. The monoisotopic (exact) mass is 241 g/mol. The van der Waals surface area contributed by atoms with Gasteiger partial charge in [0.05, 0.1) is 6.20 Å². The largest absolute Gasteiger partial charge is 0.480 e. The van der Waals surface area contributed by atoms with Gasteiger partial charge in [0.15, 0.2) is 0 Å². The molecular weight excluding hydrogens is 230 g/mol. The van der Waals surface area contributed by atoms with E-state index in [1.54, 1.807) is 0 Å². The van der Waals surface area contributed by atoms with Gasteiger partial charge in [-0.2, -0.15) is 0 Å². The number of aromatic nitrogens is 2. The lowest BCUT2D eigenvalue weighted by Crippen LogP contribution is -2.41. The van der Waals surface area contributed by atoms with Crippen molar-refractivity contribution in [1.29, 1.82) is 0 Å². The third-order valence-corrected chi connectivity index (χ3v) is 2.62. The highest BCUT2D eigenvalue weighted by Gasteiger charge is 2.18. The second kappa shape index (κ2) is 6.06. The Hall–Kier alpha value is -1.63. The lowest BCUT2D eigenvalue weighted by Gasteiger charge is -2.11. The molecule has 0 aliphatic carbocycles. The second-order valence-corrected chi connectivity index (χ2v) is 3.99. The third-order valence-electron chi connectivity index (χ3n) is 1.61. The van der Waals surface area contributed by atoms with Crippen LogP contribution >= 0.6 is 11.8 Å². The SMILES string of the molecule is CC(=O)NC(CSc1cnccn1)C(=O)O. The van der Waals surface area contributed by atoms with Crippen molar-refractivity contribution in [3.05, 3.63) is 18.6 Å². The minimum Gasteiger partial charge on any atom is -0.480 e. The average molecular weight is 241 g/mol. The van der Waals surface area contributed by atoms with Crippen molar-refractivity contribution < 1.29 is 14.7 Å². The molecule has 0 saturated carbocycles. The molecule has 6 nitrogen and oxygen atoms in total. The number of aliphatic carboxylic acids is 1. The first kappa shape index (κ1) is 12.4. The maximum absolute atomic E-state index is 10.8. The van der Waals surface area contributed by atoms with Crippen molar-refractivity contribution >= 4 is 23.6 Å². The molecule has 2 N–H and O–H groups in total. The zero-order valence-electron chi connectivity index (χ0n) is 8.58. The van der Waals surface area contributed by atoms with E-state index in [2.05, 4.69) is 15.3 Å². The number of amides is 1. The van der Waals surface area contributed by atoms with Crippen molar-refractivity contribution in [2.24, 2.45) is 0 Å². The summed E-state index contributed by atoms with van der Waals surface area (Å²) in [6.45, 7) is 1.28. The van der Waals surface area contributed by atoms with Crippen molar-refractivity contribution in [3.8, 4) is 0 Å². The summed E-state index contributed by atoms with van der Waals surface area (Å²) in [6, 6.07) is -0.912. The van der Waals surface area contributed by atoms with E-state index in [1.807, 2.05) is 0 Å². The number of rotatable bonds is 5. The van der Waals surface area contributed by atoms with Crippen LogP contribution < -0.4 is 5.32 Å². The highest BCUT2D eigenvalue weighted by molar-refractivity contribution is 7.99. The van der Waals surface area contributed by atoms with Crippen LogP contribution in [0.3, 0.4) is 0 Å². The number of carboxylic acid groups (broad SMARTS) is 1. The summed E-state index contributed by atoms with van der Waals surface area (Å²) in [5.74, 6) is -1.22. The molecule has 0 aliphatic heterocycles. The second-order valence-electron chi connectivity index (χ2n) is 2.95. The summed E-state index contributed by atoms with van der Waals surface area (Å²) in [5.41, 5.74) is 0. The van der Waals surface area contributed by atoms with E-state index in [-0.39, 0.29) is 11.7 Å². The van der Waals surface area contributed by atoms with Gasteiger partial charge in [-0.05, 0) is 0 Å². The van der Waals surface area contributed by atoms with Crippen molar-refractivity contribution in [1.82, 2.24) is 15.3 Å². The Morgan fingerprint density at radius 3 is 2.81 bits per heavy atom. The van der Waals surface area contributed by atoms with Crippen molar-refractivity contribution in [3.63, 3.8) is 0 Å². The summed E-state index contributed by atoms with van der Waals surface area (Å²) in [5, 5.41) is 11.8. The van der Waals surface area contributed by atoms with Crippen LogP contribution in [0.15, 0.2) is 23.6 Å². The van der Waals surface area contributed by atoms with Crippen LogP contribution in [-0.2, 0) is 9.59 Å². The van der Waals surface area contributed by atoms with Gasteiger partial charge < -0.3 is 10.4 Å². The first-order chi connectivity index (χ1) is 7.59. The summed E-state index contributed by atoms with van der Waals surface area (Å²) >= 11 is 1.23. The molecular formula is C9H11N3O3S. The van der Waals surface area contributed by atoms with E-state index < -0.39 is 12.0 Å². The molecule has 7 heteroatoms. The van der Waals surface area contributed by atoms with Crippen LogP contribution in [0, 0.1) is 0 Å². The van der Waals surface area contributed by atoms with Crippen LogP contribution in [0.1, 0.15) is 6.92 Å². The number of carbonyl (C=O) groups is 2. The number of nitrogens with zero attached hydrogens (tertiary/aromatic N) is 2. The minimum atomic E-state index is -1.06. The molecule has 0 spiro atoms. The fourth-order valence-corrected chi connectivity index (χ4v) is 1.78. The molecule has 86 valence electrons. The Bertz CT molecular complexity index is 372. The number of hydrogen-bond donors (Lipinski definition) is 2. The van der Waals surface area contributed by atoms with Crippen LogP contribution in [0.2, 0.25) is 0 Å². The van der Waals surface area contributed by atoms with Crippen LogP contribution in [0.25, 0.3) is 0 Å². The quantitative estimate of drug-likeness (QED) is 0.713. The van der Waals surface area contributed by atoms with Gasteiger partial charge in [0, 0.05) is 25.1 Å². The fourth-order valence-electron chi connectivity index (χ4n) is 0.949. The lowest BCUT2D eigenvalue weighted by molar-refractivity contribution is -0.140. The molecule has 1 atom stereocenters. The van der Waals surface area contributed by atoms with Crippen LogP contribution in [0.4, 0.5) is 0 Å². The average Bonchev–Trinajstić information content (AvgIpc) is 2.25. The maximum Gasteiger partial charge on any atom is 0.327 e. The topological polar surface area (TPSA) is 92.2 Å². The maximum atomic E-state index is 10.8. The molecule has 1 amide bonds. The molecule has 0 saturated heterocycles. The van der Waals surface area contributed by atoms with E-state index in [9.17, 15) is 9.59 Å². The Morgan fingerprint density at radius 1 is 1.56 bits per heavy atom. The normalized spacial score (nSPS) is 11.8. The van der Waals surface area contributed by atoms with Crippen molar-refractivity contribution in [2.45, 2.75) is 18.0 Å². The van der Waals surface area contributed by atoms with Gasteiger partial charge in [0.2, 0.25) is 5.91 Å². The molecule has 0 fully saturated rings. The number of hydrogen-bond acceptors (Lipinski definition) is 5.